The van der Waals surface area contributed by atoms with Crippen LogP contribution in [0.2, 0.25) is 0 Å². The highest BCUT2D eigenvalue weighted by Crippen LogP contribution is 2.48. The van der Waals surface area contributed by atoms with Crippen molar-refractivity contribution in [1.29, 1.82) is 0 Å². The van der Waals surface area contributed by atoms with Crippen molar-refractivity contribution in [2.75, 3.05) is 6.61 Å². The summed E-state index contributed by atoms with van der Waals surface area (Å²) in [4.78, 5) is 28.7. The molecule has 22 heavy (non-hydrogen) atoms. The smallest absolute Gasteiger partial charge is 0.330 e. The number of nitrogens with zero attached hydrogens (tertiary/aromatic N) is 2. The number of sulfone groups is 1. The summed E-state index contributed by atoms with van der Waals surface area (Å²) >= 11 is 5.33. The maximum Gasteiger partial charge on any atom is 0.330 e. The number of fused-ring (bicyclic) bond motifs is 1. The van der Waals surface area contributed by atoms with Gasteiger partial charge in [0.15, 0.2) is 9.84 Å². The summed E-state index contributed by atoms with van der Waals surface area (Å²) in [5.41, 5.74) is 0. The Morgan fingerprint density at radius 3 is 2.59 bits per heavy atom. The Kier molecular flexibility index (Phi) is 4.75. The zero-order valence-corrected chi connectivity index (χ0v) is 14.4. The second kappa shape index (κ2) is 5.98. The zero-order valence-electron chi connectivity index (χ0n) is 12.8. The molecule has 0 aromatic carbocycles. The van der Waals surface area contributed by atoms with Crippen LogP contribution in [0.1, 0.15) is 40.0 Å². The molecule has 9 heteroatoms. The Morgan fingerprint density at radius 2 is 2.05 bits per heavy atom. The molecule has 0 aliphatic carbocycles. The molecule has 1 amide bonds. The van der Waals surface area contributed by atoms with Crippen molar-refractivity contribution in [1.82, 2.24) is 4.90 Å². The van der Waals surface area contributed by atoms with E-state index in [-0.39, 0.29) is 6.61 Å². The maximum atomic E-state index is 12.6. The molecule has 2 fully saturated rings. The van der Waals surface area contributed by atoms with Crippen LogP contribution in [-0.2, 0) is 24.2 Å². The van der Waals surface area contributed by atoms with E-state index >= 15 is 0 Å². The van der Waals surface area contributed by atoms with Crippen LogP contribution in [-0.4, -0.2) is 54.0 Å². The van der Waals surface area contributed by atoms with Crippen molar-refractivity contribution >= 4 is 33.5 Å². The fraction of sp³-hybridized carbons (Fsp3) is 0.846. The fourth-order valence-corrected chi connectivity index (χ4v) is 5.40. The van der Waals surface area contributed by atoms with Crippen LogP contribution in [0, 0.1) is 0 Å². The topological polar surface area (TPSA) is 94.8 Å². The van der Waals surface area contributed by atoms with Gasteiger partial charge in [0, 0.05) is 0 Å². The van der Waals surface area contributed by atoms with Crippen molar-refractivity contribution in [3.8, 4) is 0 Å². The van der Waals surface area contributed by atoms with E-state index in [0.717, 1.165) is 17.7 Å². The SMILES string of the molecule is CCCCCOC(=O)[C@@H]1N2C(=O)[C@@H]([N-]Cl)[C@H]2S(=O)(=O)C1(C)C. The molecule has 0 aromatic rings. The third kappa shape index (κ3) is 2.32. The number of carbonyl (C=O) groups excluding carboxylic acids is 2. The van der Waals surface area contributed by atoms with Crippen LogP contribution in [0.5, 0.6) is 0 Å². The van der Waals surface area contributed by atoms with E-state index in [0.29, 0.717) is 6.42 Å². The van der Waals surface area contributed by atoms with Crippen molar-refractivity contribution in [2.45, 2.75) is 62.2 Å². The third-order valence-corrected chi connectivity index (χ3v) is 7.38. The number of esters is 1. The lowest BCUT2D eigenvalue weighted by atomic mass is 9.96. The Bertz CT molecular complexity index is 577. The molecule has 0 aromatic heterocycles. The monoisotopic (exact) mass is 351 g/mol. The van der Waals surface area contributed by atoms with Gasteiger partial charge in [0.25, 0.3) is 0 Å². The van der Waals surface area contributed by atoms with E-state index in [1.54, 1.807) is 0 Å². The lowest BCUT2D eigenvalue weighted by molar-refractivity contribution is -0.162. The Labute approximate surface area is 135 Å². The fourth-order valence-electron chi connectivity index (χ4n) is 2.96. The Balaban J connectivity index is 2.21. The number of amides is 1. The van der Waals surface area contributed by atoms with E-state index in [2.05, 4.69) is 4.84 Å². The van der Waals surface area contributed by atoms with Crippen LogP contribution in [0.3, 0.4) is 0 Å². The summed E-state index contributed by atoms with van der Waals surface area (Å²) in [6.07, 6.45) is 2.60. The minimum absolute atomic E-state index is 0.218. The number of β-lactam (4-membered cyclic amide) rings is 1. The number of ether oxygens (including phenoxy) is 1. The molecule has 2 saturated heterocycles. The number of unbranched alkanes of at least 4 members (excludes halogenated alkanes) is 2. The van der Waals surface area contributed by atoms with Gasteiger partial charge in [0.05, 0.1) is 11.4 Å². The van der Waals surface area contributed by atoms with Crippen molar-refractivity contribution < 1.29 is 22.7 Å². The average Bonchev–Trinajstić information content (AvgIpc) is 2.58. The van der Waals surface area contributed by atoms with Gasteiger partial charge < -0.3 is 14.5 Å². The molecule has 2 aliphatic heterocycles. The Morgan fingerprint density at radius 1 is 1.41 bits per heavy atom. The predicted octanol–water partition coefficient (Wildman–Crippen LogP) is 1.36. The van der Waals surface area contributed by atoms with Crippen LogP contribution >= 0.6 is 11.8 Å². The van der Waals surface area contributed by atoms with Gasteiger partial charge in [0.1, 0.15) is 11.4 Å². The number of carbonyl (C=O) groups is 2. The summed E-state index contributed by atoms with van der Waals surface area (Å²) in [5.74, 6) is -1.24. The van der Waals surface area contributed by atoms with Gasteiger partial charge >= 0.3 is 5.97 Å². The van der Waals surface area contributed by atoms with Crippen LogP contribution in [0.4, 0.5) is 0 Å². The summed E-state index contributed by atoms with van der Waals surface area (Å²) in [6.45, 7) is 5.09. The van der Waals surface area contributed by atoms with Gasteiger partial charge in [0.2, 0.25) is 5.91 Å². The van der Waals surface area contributed by atoms with E-state index in [1.165, 1.54) is 13.8 Å². The molecule has 2 rings (SSSR count). The number of halogens is 1. The summed E-state index contributed by atoms with van der Waals surface area (Å²) in [6, 6.07) is -2.28. The Hall–Kier alpha value is -0.860. The first-order valence-corrected chi connectivity index (χ1v) is 9.13. The van der Waals surface area contributed by atoms with E-state index < -0.39 is 43.9 Å². The highest BCUT2D eigenvalue weighted by atomic mass is 35.5. The summed E-state index contributed by atoms with van der Waals surface area (Å²) < 4.78 is 28.9. The van der Waals surface area contributed by atoms with Crippen molar-refractivity contribution in [2.24, 2.45) is 0 Å². The molecule has 2 aliphatic rings. The largest absolute Gasteiger partial charge is 0.562 e. The first-order valence-electron chi connectivity index (χ1n) is 7.25. The standard InChI is InChI=1S/C13H20ClN2O5S/c1-4-5-6-7-21-12(18)9-13(2,3)22(19,20)11-8(15-14)10(17)16(9)11/h8-9,11H,4-7H2,1-3H3/q-1/t8-,9+,11-/m1/s1. The number of hydrogen-bond acceptors (Lipinski definition) is 5. The molecule has 7 nitrogen and oxygen atoms in total. The maximum absolute atomic E-state index is 12.6. The average molecular weight is 352 g/mol. The molecule has 0 bridgehead atoms. The summed E-state index contributed by atoms with van der Waals surface area (Å²) in [7, 11) is -3.76. The van der Waals surface area contributed by atoms with Crippen molar-refractivity contribution in [3.05, 3.63) is 4.84 Å². The first-order chi connectivity index (χ1) is 10.2. The molecule has 0 N–H and O–H groups in total. The van der Waals surface area contributed by atoms with E-state index in [4.69, 9.17) is 16.5 Å². The lowest BCUT2D eigenvalue weighted by Gasteiger charge is -2.48. The molecule has 0 spiro atoms. The van der Waals surface area contributed by atoms with Gasteiger partial charge in [-0.3, -0.25) is 16.6 Å². The second-order valence-electron chi connectivity index (χ2n) is 6.10. The van der Waals surface area contributed by atoms with Gasteiger partial charge in [-0.25, -0.2) is 13.2 Å². The highest BCUT2D eigenvalue weighted by molar-refractivity contribution is 7.94. The van der Waals surface area contributed by atoms with Crippen LogP contribution in [0.15, 0.2) is 0 Å². The molecular formula is C13H20ClN2O5S-. The third-order valence-electron chi connectivity index (χ3n) is 4.36. The minimum atomic E-state index is -3.76. The highest BCUT2D eigenvalue weighted by Gasteiger charge is 2.69. The molecule has 126 valence electrons. The van der Waals surface area contributed by atoms with E-state index in [1.807, 2.05) is 6.92 Å². The molecule has 3 atom stereocenters. The minimum Gasteiger partial charge on any atom is -0.562 e. The molecule has 2 heterocycles. The molecule has 0 unspecified atom stereocenters. The lowest BCUT2D eigenvalue weighted by Crippen LogP contribution is -2.66. The molecular weight excluding hydrogens is 332 g/mol. The number of hydrogen-bond donors (Lipinski definition) is 0. The molecule has 0 saturated carbocycles. The van der Waals surface area contributed by atoms with Gasteiger partial charge in [-0.15, -0.1) is 0 Å². The number of rotatable bonds is 6. The zero-order chi connectivity index (χ0) is 16.7. The second-order valence-corrected chi connectivity index (χ2v) is 8.92. The first kappa shape index (κ1) is 17.5. The predicted molar refractivity (Wildman–Crippen MR) is 80.9 cm³/mol. The van der Waals surface area contributed by atoms with E-state index in [9.17, 15) is 18.0 Å². The van der Waals surface area contributed by atoms with Crippen LogP contribution < -0.4 is 0 Å². The van der Waals surface area contributed by atoms with Gasteiger partial charge in [-0.1, -0.05) is 19.8 Å². The summed E-state index contributed by atoms with van der Waals surface area (Å²) in [5, 5.41) is -1.17. The van der Waals surface area contributed by atoms with Crippen molar-refractivity contribution in [3.63, 3.8) is 0 Å². The van der Waals surface area contributed by atoms with Gasteiger partial charge in [-0.05, 0) is 26.3 Å². The quantitative estimate of drug-likeness (QED) is 0.409. The molecule has 0 radical (unpaired) electrons. The normalized spacial score (nSPS) is 31.5. The van der Waals surface area contributed by atoms with Crippen LogP contribution in [0.25, 0.3) is 4.84 Å². The van der Waals surface area contributed by atoms with Gasteiger partial charge in [-0.2, -0.15) is 0 Å².